The summed E-state index contributed by atoms with van der Waals surface area (Å²) in [5.41, 5.74) is 2.32. The first-order valence-electron chi connectivity index (χ1n) is 10.5. The number of aliphatic hydroxyl groups excluding tert-OH is 1. The summed E-state index contributed by atoms with van der Waals surface area (Å²) in [6, 6.07) is 12.5. The van der Waals surface area contributed by atoms with Gasteiger partial charge in [-0.1, -0.05) is 38.1 Å². The number of hydrogen-bond donors (Lipinski definition) is 1. The molecule has 2 atom stereocenters. The van der Waals surface area contributed by atoms with Crippen molar-refractivity contribution in [2.45, 2.75) is 26.4 Å². The summed E-state index contributed by atoms with van der Waals surface area (Å²) in [4.78, 5) is 9.75. The molecule has 2 fully saturated rings. The molecule has 2 aliphatic rings. The number of benzene rings is 1. The Morgan fingerprint density at radius 2 is 1.79 bits per heavy atom. The molecule has 4 rings (SSSR count). The maximum Gasteiger partial charge on any atom is 0.0711 e. The van der Waals surface area contributed by atoms with Crippen LogP contribution in [0, 0.1) is 11.3 Å². The second kappa shape index (κ2) is 8.46. The van der Waals surface area contributed by atoms with E-state index in [0.29, 0.717) is 0 Å². The van der Waals surface area contributed by atoms with Gasteiger partial charge < -0.3 is 9.84 Å². The minimum atomic E-state index is -0.271. The van der Waals surface area contributed by atoms with Crippen LogP contribution >= 0.6 is 0 Å². The van der Waals surface area contributed by atoms with E-state index in [4.69, 9.17) is 9.72 Å². The third kappa shape index (κ3) is 4.90. The number of fused-ring (bicyclic) bond motifs is 1. The lowest BCUT2D eigenvalue weighted by molar-refractivity contribution is 0.0157. The molecule has 2 aromatic rings. The summed E-state index contributed by atoms with van der Waals surface area (Å²) in [5, 5.41) is 11.8. The van der Waals surface area contributed by atoms with Gasteiger partial charge in [0.25, 0.3) is 0 Å². The standard InChI is InChI=1S/C23H33N3O2/c1-23(2,16-25-9-11-28-12-10-25)17-26-14-19(22(27)15-26)13-20-8-7-18-5-3-4-6-21(18)24-20/h3-8,19,22,27H,9-17H2,1-2H3/t19-,22-/m1/s1. The van der Waals surface area contributed by atoms with Crippen molar-refractivity contribution >= 4 is 10.9 Å². The van der Waals surface area contributed by atoms with Gasteiger partial charge in [-0.15, -0.1) is 0 Å². The van der Waals surface area contributed by atoms with Gasteiger partial charge >= 0.3 is 0 Å². The Bertz CT molecular complexity index is 788. The fraction of sp³-hybridized carbons (Fsp3) is 0.609. The first kappa shape index (κ1) is 19.8. The minimum absolute atomic E-state index is 0.202. The molecule has 28 heavy (non-hydrogen) atoms. The van der Waals surface area contributed by atoms with Gasteiger partial charge in [-0.05, 0) is 24.0 Å². The molecule has 0 amide bonds. The average Bonchev–Trinajstić information content (AvgIpc) is 3.00. The molecule has 0 bridgehead atoms. The van der Waals surface area contributed by atoms with Crippen LogP contribution in [0.15, 0.2) is 36.4 Å². The zero-order chi connectivity index (χ0) is 19.6. The van der Waals surface area contributed by atoms with Gasteiger partial charge in [0, 0.05) is 56.3 Å². The Balaban J connectivity index is 1.34. The Morgan fingerprint density at radius 1 is 1.04 bits per heavy atom. The highest BCUT2D eigenvalue weighted by atomic mass is 16.5. The van der Waals surface area contributed by atoms with Crippen LogP contribution < -0.4 is 0 Å². The monoisotopic (exact) mass is 383 g/mol. The molecule has 3 heterocycles. The van der Waals surface area contributed by atoms with E-state index in [0.717, 1.165) is 70.1 Å². The molecule has 152 valence electrons. The topological polar surface area (TPSA) is 48.8 Å². The highest BCUT2D eigenvalue weighted by Gasteiger charge is 2.35. The summed E-state index contributed by atoms with van der Waals surface area (Å²) in [6.45, 7) is 12.2. The quantitative estimate of drug-likeness (QED) is 0.830. The van der Waals surface area contributed by atoms with E-state index in [1.165, 1.54) is 5.39 Å². The van der Waals surface area contributed by atoms with Gasteiger partial charge in [-0.25, -0.2) is 0 Å². The van der Waals surface area contributed by atoms with Crippen LogP contribution in [0.5, 0.6) is 0 Å². The number of hydrogen-bond acceptors (Lipinski definition) is 5. The van der Waals surface area contributed by atoms with E-state index in [1.807, 2.05) is 12.1 Å². The number of nitrogens with zero attached hydrogens (tertiary/aromatic N) is 3. The lowest BCUT2D eigenvalue weighted by atomic mass is 9.91. The van der Waals surface area contributed by atoms with E-state index in [-0.39, 0.29) is 17.4 Å². The van der Waals surface area contributed by atoms with Crippen molar-refractivity contribution < 1.29 is 9.84 Å². The molecule has 5 nitrogen and oxygen atoms in total. The third-order valence-electron chi connectivity index (χ3n) is 6.02. The molecule has 1 N–H and O–H groups in total. The molecule has 0 saturated carbocycles. The number of β-amino-alcohol motifs (C(OH)–C–C–N with tert-alkyl or cyclic N) is 1. The minimum Gasteiger partial charge on any atom is -0.391 e. The van der Waals surface area contributed by atoms with Gasteiger partial charge in [0.2, 0.25) is 0 Å². The Hall–Kier alpha value is -1.53. The number of para-hydroxylation sites is 1. The second-order valence-corrected chi connectivity index (χ2v) is 9.27. The lowest BCUT2D eigenvalue weighted by Crippen LogP contribution is -2.45. The van der Waals surface area contributed by atoms with Gasteiger partial charge in [0.05, 0.1) is 24.8 Å². The Kier molecular flexibility index (Phi) is 5.97. The number of rotatable bonds is 6. The molecule has 5 heteroatoms. The summed E-state index contributed by atoms with van der Waals surface area (Å²) in [7, 11) is 0. The fourth-order valence-corrected chi connectivity index (χ4v) is 4.78. The van der Waals surface area contributed by atoms with Crippen LogP contribution in [0.2, 0.25) is 0 Å². The van der Waals surface area contributed by atoms with E-state index >= 15 is 0 Å². The first-order chi connectivity index (χ1) is 13.5. The molecule has 0 radical (unpaired) electrons. The van der Waals surface area contributed by atoms with Crippen LogP contribution in [-0.2, 0) is 11.2 Å². The second-order valence-electron chi connectivity index (χ2n) is 9.27. The molecule has 0 unspecified atom stereocenters. The zero-order valence-corrected chi connectivity index (χ0v) is 17.2. The van der Waals surface area contributed by atoms with Gasteiger partial charge in [-0.3, -0.25) is 14.8 Å². The SMILES string of the molecule is CC(C)(CN1CCOCC1)CN1C[C@@H](Cc2ccc3ccccc3n2)[C@H](O)C1. The van der Waals surface area contributed by atoms with Crippen molar-refractivity contribution in [3.8, 4) is 0 Å². The number of pyridine rings is 1. The van der Waals surface area contributed by atoms with Crippen molar-refractivity contribution in [3.63, 3.8) is 0 Å². The van der Waals surface area contributed by atoms with Gasteiger partial charge in [0.15, 0.2) is 0 Å². The highest BCUT2D eigenvalue weighted by Crippen LogP contribution is 2.27. The van der Waals surface area contributed by atoms with Crippen molar-refractivity contribution in [3.05, 3.63) is 42.1 Å². The summed E-state index contributed by atoms with van der Waals surface area (Å²) < 4.78 is 5.47. The number of aromatic nitrogens is 1. The van der Waals surface area contributed by atoms with Crippen LogP contribution in [0.1, 0.15) is 19.5 Å². The van der Waals surface area contributed by atoms with Gasteiger partial charge in [-0.2, -0.15) is 0 Å². The smallest absolute Gasteiger partial charge is 0.0711 e. The molecular weight excluding hydrogens is 350 g/mol. The van der Waals surface area contributed by atoms with E-state index < -0.39 is 0 Å². The number of morpholine rings is 1. The fourth-order valence-electron chi connectivity index (χ4n) is 4.78. The molecule has 0 aliphatic carbocycles. The van der Waals surface area contributed by atoms with E-state index in [2.05, 4.69) is 47.9 Å². The van der Waals surface area contributed by atoms with Crippen molar-refractivity contribution in [1.29, 1.82) is 0 Å². The molecule has 1 aromatic carbocycles. The van der Waals surface area contributed by atoms with Crippen LogP contribution in [-0.4, -0.2) is 78.5 Å². The lowest BCUT2D eigenvalue weighted by Gasteiger charge is -2.37. The predicted octanol–water partition coefficient (Wildman–Crippen LogP) is 2.43. The van der Waals surface area contributed by atoms with E-state index in [9.17, 15) is 5.11 Å². The number of likely N-dealkylation sites (tertiary alicyclic amines) is 1. The number of ether oxygens (including phenoxy) is 1. The molecule has 0 spiro atoms. The highest BCUT2D eigenvalue weighted by molar-refractivity contribution is 5.78. The maximum absolute atomic E-state index is 10.7. The first-order valence-corrected chi connectivity index (χ1v) is 10.5. The van der Waals surface area contributed by atoms with Crippen LogP contribution in [0.25, 0.3) is 10.9 Å². The van der Waals surface area contributed by atoms with Crippen molar-refractivity contribution in [2.75, 3.05) is 52.5 Å². The molecule has 2 saturated heterocycles. The zero-order valence-electron chi connectivity index (χ0n) is 17.2. The Labute approximate surface area is 168 Å². The molecule has 2 aliphatic heterocycles. The molecule has 1 aromatic heterocycles. The summed E-state index contributed by atoms with van der Waals surface area (Å²) >= 11 is 0. The Morgan fingerprint density at radius 3 is 2.61 bits per heavy atom. The third-order valence-corrected chi connectivity index (χ3v) is 6.02. The predicted molar refractivity (Wildman–Crippen MR) is 112 cm³/mol. The summed E-state index contributed by atoms with van der Waals surface area (Å²) in [6.07, 6.45) is 0.569. The average molecular weight is 384 g/mol. The van der Waals surface area contributed by atoms with Crippen molar-refractivity contribution in [2.24, 2.45) is 11.3 Å². The van der Waals surface area contributed by atoms with Gasteiger partial charge in [0.1, 0.15) is 0 Å². The van der Waals surface area contributed by atoms with E-state index in [1.54, 1.807) is 0 Å². The summed E-state index contributed by atoms with van der Waals surface area (Å²) in [5.74, 6) is 0.257. The normalized spacial score (nSPS) is 24.8. The largest absolute Gasteiger partial charge is 0.391 e. The number of aliphatic hydroxyl groups is 1. The molecular formula is C23H33N3O2. The van der Waals surface area contributed by atoms with Crippen LogP contribution in [0.4, 0.5) is 0 Å². The maximum atomic E-state index is 10.7. The van der Waals surface area contributed by atoms with Crippen molar-refractivity contribution in [1.82, 2.24) is 14.8 Å². The van der Waals surface area contributed by atoms with Crippen LogP contribution in [0.3, 0.4) is 0 Å².